The normalized spacial score (nSPS) is 11.3. The monoisotopic (exact) mass is 437 g/mol. The van der Waals surface area contributed by atoms with Gasteiger partial charge < -0.3 is 4.74 Å². The van der Waals surface area contributed by atoms with E-state index in [4.69, 9.17) is 4.74 Å². The van der Waals surface area contributed by atoms with Crippen molar-refractivity contribution in [2.75, 3.05) is 17.1 Å². The number of hydrazone groups is 1. The van der Waals surface area contributed by atoms with E-state index >= 15 is 0 Å². The van der Waals surface area contributed by atoms with Crippen molar-refractivity contribution in [3.8, 4) is 11.5 Å². The molecule has 3 aromatic rings. The highest BCUT2D eigenvalue weighted by molar-refractivity contribution is 7.92. The molecule has 0 aromatic heterocycles. The Labute approximate surface area is 182 Å². The first-order valence-corrected chi connectivity index (χ1v) is 11.4. The summed E-state index contributed by atoms with van der Waals surface area (Å²) in [6.07, 6.45) is 2.54. The number of para-hydroxylation sites is 1. The number of nitrogens with zero attached hydrogens (tertiary/aromatic N) is 2. The number of benzene rings is 3. The van der Waals surface area contributed by atoms with E-state index in [0.29, 0.717) is 17.2 Å². The van der Waals surface area contributed by atoms with Crippen molar-refractivity contribution in [1.82, 2.24) is 5.43 Å². The van der Waals surface area contributed by atoms with Crippen LogP contribution in [0.25, 0.3) is 0 Å². The van der Waals surface area contributed by atoms with Crippen molar-refractivity contribution < 1.29 is 17.9 Å². The minimum atomic E-state index is -3.69. The topological polar surface area (TPSA) is 88.1 Å². The molecule has 0 unspecified atom stereocenters. The first kappa shape index (κ1) is 22.0. The molecule has 0 aliphatic carbocycles. The zero-order valence-electron chi connectivity index (χ0n) is 17.2. The first-order chi connectivity index (χ1) is 14.8. The van der Waals surface area contributed by atoms with Gasteiger partial charge in [-0.15, -0.1) is 0 Å². The SMILES string of the molecule is Cc1ccc(/C=N/NC(=O)CN(c2ccc(Oc3ccccc3)cc2)S(C)(=O)=O)cc1. The Morgan fingerprint density at radius 1 is 0.968 bits per heavy atom. The molecule has 1 amide bonds. The summed E-state index contributed by atoms with van der Waals surface area (Å²) in [5, 5.41) is 3.89. The lowest BCUT2D eigenvalue weighted by Gasteiger charge is -2.21. The summed E-state index contributed by atoms with van der Waals surface area (Å²) in [6, 6.07) is 23.3. The Hall–Kier alpha value is -3.65. The maximum atomic E-state index is 12.3. The molecule has 0 fully saturated rings. The van der Waals surface area contributed by atoms with Gasteiger partial charge in [0.05, 0.1) is 18.2 Å². The smallest absolute Gasteiger partial charge is 0.260 e. The van der Waals surface area contributed by atoms with Crippen molar-refractivity contribution in [1.29, 1.82) is 0 Å². The fraction of sp³-hybridized carbons (Fsp3) is 0.130. The highest BCUT2D eigenvalue weighted by Gasteiger charge is 2.20. The van der Waals surface area contributed by atoms with Crippen LogP contribution in [0.4, 0.5) is 5.69 Å². The number of nitrogens with one attached hydrogen (secondary N) is 1. The highest BCUT2D eigenvalue weighted by Crippen LogP contribution is 2.25. The molecule has 8 heteroatoms. The van der Waals surface area contributed by atoms with Gasteiger partial charge >= 0.3 is 0 Å². The number of sulfonamides is 1. The lowest BCUT2D eigenvalue weighted by Crippen LogP contribution is -2.38. The second kappa shape index (κ2) is 9.90. The lowest BCUT2D eigenvalue weighted by molar-refractivity contribution is -0.119. The number of rotatable bonds is 8. The van der Waals surface area contributed by atoms with Gasteiger partial charge in [0.25, 0.3) is 5.91 Å². The van der Waals surface area contributed by atoms with Gasteiger partial charge in [0.2, 0.25) is 10.0 Å². The molecule has 0 radical (unpaired) electrons. The molecule has 0 bridgehead atoms. The fourth-order valence-corrected chi connectivity index (χ4v) is 3.56. The van der Waals surface area contributed by atoms with Crippen LogP contribution in [0.1, 0.15) is 11.1 Å². The number of carbonyl (C=O) groups is 1. The van der Waals surface area contributed by atoms with Crippen molar-refractivity contribution >= 4 is 27.8 Å². The summed E-state index contributed by atoms with van der Waals surface area (Å²) in [4.78, 5) is 12.3. The molecule has 0 saturated carbocycles. The number of hydrogen-bond donors (Lipinski definition) is 1. The maximum Gasteiger partial charge on any atom is 0.260 e. The number of aryl methyl sites for hydroxylation is 1. The largest absolute Gasteiger partial charge is 0.457 e. The maximum absolute atomic E-state index is 12.3. The second-order valence-corrected chi connectivity index (χ2v) is 8.79. The highest BCUT2D eigenvalue weighted by atomic mass is 32.2. The van der Waals surface area contributed by atoms with E-state index in [1.165, 1.54) is 6.21 Å². The van der Waals surface area contributed by atoms with Gasteiger partial charge in [0.15, 0.2) is 0 Å². The number of hydrogen-bond acceptors (Lipinski definition) is 5. The zero-order valence-corrected chi connectivity index (χ0v) is 18.0. The summed E-state index contributed by atoms with van der Waals surface area (Å²) >= 11 is 0. The van der Waals surface area contributed by atoms with Crippen molar-refractivity contribution in [3.63, 3.8) is 0 Å². The molecule has 7 nitrogen and oxygen atoms in total. The van der Waals surface area contributed by atoms with Crippen molar-refractivity contribution in [3.05, 3.63) is 90.0 Å². The molecule has 3 rings (SSSR count). The number of ether oxygens (including phenoxy) is 1. The second-order valence-electron chi connectivity index (χ2n) is 6.88. The van der Waals surface area contributed by atoms with Gasteiger partial charge in [-0.25, -0.2) is 13.8 Å². The number of anilines is 1. The lowest BCUT2D eigenvalue weighted by atomic mass is 10.2. The predicted molar refractivity (Wildman–Crippen MR) is 122 cm³/mol. The summed E-state index contributed by atoms with van der Waals surface area (Å²) in [7, 11) is -3.69. The molecule has 0 spiro atoms. The standard InChI is InChI=1S/C23H23N3O4S/c1-18-8-10-19(11-9-18)16-24-25-23(27)17-26(31(2,28)29)20-12-14-22(15-13-20)30-21-6-4-3-5-7-21/h3-16H,17H2,1-2H3,(H,25,27)/b24-16+. The Balaban J connectivity index is 1.66. The van der Waals surface area contributed by atoms with Crippen LogP contribution in [0.3, 0.4) is 0 Å². The van der Waals surface area contributed by atoms with E-state index in [1.807, 2.05) is 61.5 Å². The third-order valence-corrected chi connectivity index (χ3v) is 5.41. The Bertz CT molecular complexity index is 1140. The van der Waals surface area contributed by atoms with E-state index in [-0.39, 0.29) is 0 Å². The molecule has 3 aromatic carbocycles. The summed E-state index contributed by atoms with van der Waals surface area (Å²) in [5.74, 6) is 0.662. The summed E-state index contributed by atoms with van der Waals surface area (Å²) in [5.41, 5.74) is 4.64. The first-order valence-electron chi connectivity index (χ1n) is 9.50. The Morgan fingerprint density at radius 2 is 1.58 bits per heavy atom. The average molecular weight is 438 g/mol. The predicted octanol–water partition coefficient (Wildman–Crippen LogP) is 3.70. The molecule has 0 atom stereocenters. The molecule has 0 heterocycles. The minimum absolute atomic E-state index is 0.348. The van der Waals surface area contributed by atoms with E-state index < -0.39 is 22.5 Å². The van der Waals surface area contributed by atoms with Crippen molar-refractivity contribution in [2.45, 2.75) is 6.92 Å². The minimum Gasteiger partial charge on any atom is -0.457 e. The van der Waals surface area contributed by atoms with Gasteiger partial charge in [-0.1, -0.05) is 48.0 Å². The van der Waals surface area contributed by atoms with Gasteiger partial charge in [0, 0.05) is 0 Å². The van der Waals surface area contributed by atoms with Crippen LogP contribution in [0.2, 0.25) is 0 Å². The molecule has 0 saturated heterocycles. The van der Waals surface area contributed by atoms with Gasteiger partial charge in [-0.05, 0) is 48.9 Å². The third-order valence-electron chi connectivity index (χ3n) is 4.27. The van der Waals surface area contributed by atoms with Crippen LogP contribution in [-0.2, 0) is 14.8 Å². The Morgan fingerprint density at radius 3 is 2.19 bits per heavy atom. The van der Waals surface area contributed by atoms with E-state index in [2.05, 4.69) is 10.5 Å². The van der Waals surface area contributed by atoms with Gasteiger partial charge in [0.1, 0.15) is 18.0 Å². The van der Waals surface area contributed by atoms with Gasteiger partial charge in [-0.2, -0.15) is 5.10 Å². The molecule has 0 aliphatic heterocycles. The molecule has 0 aliphatic rings. The number of amides is 1. The summed E-state index contributed by atoms with van der Waals surface area (Å²) in [6.45, 7) is 1.58. The van der Waals surface area contributed by atoms with Crippen LogP contribution in [-0.4, -0.2) is 33.3 Å². The summed E-state index contributed by atoms with van der Waals surface area (Å²) < 4.78 is 31.2. The Kier molecular flexibility index (Phi) is 7.04. The van der Waals surface area contributed by atoms with E-state index in [0.717, 1.165) is 21.7 Å². The average Bonchev–Trinajstić information content (AvgIpc) is 2.74. The molecular formula is C23H23N3O4S. The quantitative estimate of drug-likeness (QED) is 0.430. The van der Waals surface area contributed by atoms with E-state index in [9.17, 15) is 13.2 Å². The third kappa shape index (κ3) is 6.68. The van der Waals surface area contributed by atoms with Crippen LogP contribution >= 0.6 is 0 Å². The van der Waals surface area contributed by atoms with Crippen LogP contribution in [0, 0.1) is 6.92 Å². The molecule has 1 N–H and O–H groups in total. The van der Waals surface area contributed by atoms with E-state index in [1.54, 1.807) is 24.3 Å². The molecule has 31 heavy (non-hydrogen) atoms. The molecule has 160 valence electrons. The zero-order chi connectivity index (χ0) is 22.3. The molecular weight excluding hydrogens is 414 g/mol. The fourth-order valence-electron chi connectivity index (χ4n) is 2.70. The van der Waals surface area contributed by atoms with Gasteiger partial charge in [-0.3, -0.25) is 9.10 Å². The van der Waals surface area contributed by atoms with Crippen LogP contribution < -0.4 is 14.5 Å². The van der Waals surface area contributed by atoms with Crippen LogP contribution in [0.15, 0.2) is 84.0 Å². The van der Waals surface area contributed by atoms with Crippen LogP contribution in [0.5, 0.6) is 11.5 Å². The van der Waals surface area contributed by atoms with Crippen molar-refractivity contribution in [2.24, 2.45) is 5.10 Å². The number of carbonyl (C=O) groups excluding carboxylic acids is 1.